The van der Waals surface area contributed by atoms with Crippen LogP contribution in [0.4, 0.5) is 5.69 Å². The van der Waals surface area contributed by atoms with Crippen LogP contribution in [0.1, 0.15) is 19.3 Å². The summed E-state index contributed by atoms with van der Waals surface area (Å²) in [7, 11) is 0. The molecule has 5 rings (SSSR count). The number of unbranched alkanes of at least 4 members (excludes halogenated alkanes) is 1. The van der Waals surface area contributed by atoms with Crippen molar-refractivity contribution in [2.75, 3.05) is 37.7 Å². The number of rotatable bonds is 6. The molecule has 0 radical (unpaired) electrons. The van der Waals surface area contributed by atoms with E-state index in [1.54, 1.807) is 0 Å². The van der Waals surface area contributed by atoms with E-state index in [-0.39, 0.29) is 0 Å². The molecule has 29 heavy (non-hydrogen) atoms. The number of ether oxygens (including phenoxy) is 2. The molecular formula is C23H28N4O2. The number of aryl methyl sites for hydroxylation is 1. The third-order valence-electron chi connectivity index (χ3n) is 5.92. The van der Waals surface area contributed by atoms with E-state index >= 15 is 0 Å². The molecule has 6 heteroatoms. The molecule has 1 atom stereocenters. The number of anilines is 1. The minimum atomic E-state index is 0.505. The molecule has 1 aromatic heterocycles. The zero-order valence-electron chi connectivity index (χ0n) is 16.7. The number of hydrogen-bond donors (Lipinski definition) is 1. The lowest BCUT2D eigenvalue weighted by molar-refractivity contribution is 0.171. The van der Waals surface area contributed by atoms with Crippen LogP contribution in [0, 0.1) is 0 Å². The number of aromatic nitrogens is 2. The summed E-state index contributed by atoms with van der Waals surface area (Å²) in [5.41, 5.74) is 3.54. The Balaban J connectivity index is 1.20. The first-order chi connectivity index (χ1) is 14.4. The van der Waals surface area contributed by atoms with Crippen molar-refractivity contribution in [2.45, 2.75) is 31.8 Å². The van der Waals surface area contributed by atoms with Gasteiger partial charge in [0, 0.05) is 44.0 Å². The predicted molar refractivity (Wildman–Crippen MR) is 115 cm³/mol. The molecule has 1 unspecified atom stereocenters. The second-order valence-electron chi connectivity index (χ2n) is 7.80. The number of nitrogens with zero attached hydrogens (tertiary/aromatic N) is 3. The van der Waals surface area contributed by atoms with Gasteiger partial charge in [0.25, 0.3) is 0 Å². The smallest absolute Gasteiger partial charge is 0.163 e. The lowest BCUT2D eigenvalue weighted by Gasteiger charge is -2.38. The lowest BCUT2D eigenvalue weighted by atomic mass is 10.0. The number of piperazine rings is 1. The maximum absolute atomic E-state index is 5.79. The molecule has 2 aromatic carbocycles. The second kappa shape index (κ2) is 8.33. The van der Waals surface area contributed by atoms with Crippen LogP contribution < -0.4 is 19.7 Å². The van der Waals surface area contributed by atoms with Crippen molar-refractivity contribution in [3.8, 4) is 11.5 Å². The van der Waals surface area contributed by atoms with E-state index in [1.165, 1.54) is 24.0 Å². The van der Waals surface area contributed by atoms with Crippen molar-refractivity contribution in [1.82, 2.24) is 14.9 Å². The SMILES string of the molecule is c1ccc2c(c1)ncn2CCCCC1CNCCN1c1ccc2c(c1)OCCO2. The zero-order valence-corrected chi connectivity index (χ0v) is 16.7. The van der Waals surface area contributed by atoms with Gasteiger partial charge in [0.05, 0.1) is 17.4 Å². The summed E-state index contributed by atoms with van der Waals surface area (Å²) in [5, 5.41) is 3.56. The average Bonchev–Trinajstić information content (AvgIpc) is 3.20. The summed E-state index contributed by atoms with van der Waals surface area (Å²) in [6.07, 6.45) is 5.49. The molecule has 0 saturated carbocycles. The largest absolute Gasteiger partial charge is 0.486 e. The third-order valence-corrected chi connectivity index (χ3v) is 5.92. The Hall–Kier alpha value is -2.73. The molecule has 0 amide bonds. The van der Waals surface area contributed by atoms with Crippen LogP contribution in [-0.4, -0.2) is 48.4 Å². The first-order valence-corrected chi connectivity index (χ1v) is 10.7. The summed E-state index contributed by atoms with van der Waals surface area (Å²) < 4.78 is 13.7. The highest BCUT2D eigenvalue weighted by Gasteiger charge is 2.23. The molecular weight excluding hydrogens is 364 g/mol. The van der Waals surface area contributed by atoms with Crippen LogP contribution in [0.15, 0.2) is 48.8 Å². The van der Waals surface area contributed by atoms with E-state index < -0.39 is 0 Å². The highest BCUT2D eigenvalue weighted by molar-refractivity contribution is 5.74. The summed E-state index contributed by atoms with van der Waals surface area (Å²) in [6.45, 7) is 5.36. The summed E-state index contributed by atoms with van der Waals surface area (Å²) >= 11 is 0. The van der Waals surface area contributed by atoms with Crippen LogP contribution in [0.3, 0.4) is 0 Å². The number of benzene rings is 2. The van der Waals surface area contributed by atoms with Gasteiger partial charge >= 0.3 is 0 Å². The Bertz CT molecular complexity index is 970. The Morgan fingerprint density at radius 2 is 1.93 bits per heavy atom. The lowest BCUT2D eigenvalue weighted by Crippen LogP contribution is -2.51. The van der Waals surface area contributed by atoms with Crippen LogP contribution >= 0.6 is 0 Å². The van der Waals surface area contributed by atoms with Gasteiger partial charge in [0.1, 0.15) is 13.2 Å². The van der Waals surface area contributed by atoms with Gasteiger partial charge in [-0.3, -0.25) is 0 Å². The van der Waals surface area contributed by atoms with E-state index in [2.05, 4.69) is 50.1 Å². The van der Waals surface area contributed by atoms with Crippen LogP contribution in [0.5, 0.6) is 11.5 Å². The molecule has 1 N–H and O–H groups in total. The zero-order chi connectivity index (χ0) is 19.5. The molecule has 0 spiro atoms. The van der Waals surface area contributed by atoms with Crippen LogP contribution in [0.25, 0.3) is 11.0 Å². The normalized spacial score (nSPS) is 18.9. The molecule has 0 bridgehead atoms. The van der Waals surface area contributed by atoms with Crippen molar-refractivity contribution < 1.29 is 9.47 Å². The fraction of sp³-hybridized carbons (Fsp3) is 0.435. The van der Waals surface area contributed by atoms with E-state index in [0.717, 1.165) is 49.6 Å². The molecule has 6 nitrogen and oxygen atoms in total. The maximum Gasteiger partial charge on any atom is 0.163 e. The van der Waals surface area contributed by atoms with Gasteiger partial charge in [-0.2, -0.15) is 0 Å². The van der Waals surface area contributed by atoms with E-state index in [1.807, 2.05) is 18.5 Å². The number of para-hydroxylation sites is 2. The topological polar surface area (TPSA) is 51.6 Å². The molecule has 1 saturated heterocycles. The number of fused-ring (bicyclic) bond motifs is 2. The third kappa shape index (κ3) is 3.90. The molecule has 152 valence electrons. The quantitative estimate of drug-likeness (QED) is 0.651. The van der Waals surface area contributed by atoms with Crippen molar-refractivity contribution >= 4 is 16.7 Å². The van der Waals surface area contributed by atoms with Crippen molar-refractivity contribution in [1.29, 1.82) is 0 Å². The summed E-state index contributed by atoms with van der Waals surface area (Å²) in [5.74, 6) is 1.73. The van der Waals surface area contributed by atoms with Gasteiger partial charge in [0.2, 0.25) is 0 Å². The van der Waals surface area contributed by atoms with Gasteiger partial charge in [-0.25, -0.2) is 4.98 Å². The molecule has 0 aliphatic carbocycles. The first-order valence-electron chi connectivity index (χ1n) is 10.7. The van der Waals surface area contributed by atoms with E-state index in [4.69, 9.17) is 9.47 Å². The van der Waals surface area contributed by atoms with Gasteiger partial charge in [-0.15, -0.1) is 0 Å². The maximum atomic E-state index is 5.79. The van der Waals surface area contributed by atoms with E-state index in [0.29, 0.717) is 19.3 Å². The molecule has 1 fully saturated rings. The standard InChI is InChI=1S/C23H28N4O2/c1-2-7-21-20(6-1)25-17-26(21)11-4-3-5-19-16-24-10-12-27(19)18-8-9-22-23(15-18)29-14-13-28-22/h1-2,6-9,15,17,19,24H,3-5,10-14,16H2. The number of hydrogen-bond acceptors (Lipinski definition) is 5. The van der Waals surface area contributed by atoms with Crippen molar-refractivity contribution in [3.63, 3.8) is 0 Å². The minimum Gasteiger partial charge on any atom is -0.486 e. The highest BCUT2D eigenvalue weighted by Crippen LogP contribution is 2.35. The van der Waals surface area contributed by atoms with Gasteiger partial charge in [-0.1, -0.05) is 12.1 Å². The Morgan fingerprint density at radius 3 is 2.90 bits per heavy atom. The van der Waals surface area contributed by atoms with Crippen molar-refractivity contribution in [2.24, 2.45) is 0 Å². The summed E-state index contributed by atoms with van der Waals surface area (Å²) in [4.78, 5) is 7.03. The van der Waals surface area contributed by atoms with Crippen molar-refractivity contribution in [3.05, 3.63) is 48.8 Å². The average molecular weight is 393 g/mol. The minimum absolute atomic E-state index is 0.505. The highest BCUT2D eigenvalue weighted by atomic mass is 16.6. The molecule has 3 heterocycles. The monoisotopic (exact) mass is 392 g/mol. The van der Waals surface area contributed by atoms with Gasteiger partial charge in [-0.05, 0) is 43.5 Å². The van der Waals surface area contributed by atoms with Crippen LogP contribution in [0.2, 0.25) is 0 Å². The Morgan fingerprint density at radius 1 is 1.03 bits per heavy atom. The number of imidazole rings is 1. The fourth-order valence-corrected chi connectivity index (χ4v) is 4.42. The van der Waals surface area contributed by atoms with Gasteiger partial charge in [0.15, 0.2) is 11.5 Å². The Kier molecular flexibility index (Phi) is 5.26. The predicted octanol–water partition coefficient (Wildman–Crippen LogP) is 3.46. The molecule has 3 aromatic rings. The molecule has 2 aliphatic rings. The number of nitrogens with one attached hydrogen (secondary N) is 1. The first kappa shape index (κ1) is 18.3. The van der Waals surface area contributed by atoms with E-state index in [9.17, 15) is 0 Å². The van der Waals surface area contributed by atoms with Gasteiger partial charge < -0.3 is 24.3 Å². The Labute approximate surface area is 171 Å². The van der Waals surface area contributed by atoms with Crippen LogP contribution in [-0.2, 0) is 6.54 Å². The molecule has 2 aliphatic heterocycles. The fourth-order valence-electron chi connectivity index (χ4n) is 4.42. The second-order valence-corrected chi connectivity index (χ2v) is 7.80. The summed E-state index contributed by atoms with van der Waals surface area (Å²) in [6, 6.07) is 15.2.